The van der Waals surface area contributed by atoms with E-state index in [1.54, 1.807) is 0 Å². The number of halogens is 2. The Bertz CT molecular complexity index is 2500. The molecule has 6 aromatic carbocycles. The van der Waals surface area contributed by atoms with Crippen molar-refractivity contribution in [3.8, 4) is 51.0 Å². The Labute approximate surface area is 308 Å². The summed E-state index contributed by atoms with van der Waals surface area (Å²) in [5, 5.41) is 2.32. The van der Waals surface area contributed by atoms with E-state index in [4.69, 9.17) is 15.0 Å². The van der Waals surface area contributed by atoms with Crippen LogP contribution in [0.4, 0.5) is 8.78 Å². The first-order chi connectivity index (χ1) is 25.3. The van der Waals surface area contributed by atoms with Crippen molar-refractivity contribution in [2.24, 2.45) is 0 Å². The van der Waals surface area contributed by atoms with Gasteiger partial charge in [0.1, 0.15) is 11.6 Å². The molecule has 0 radical (unpaired) electrons. The third-order valence-electron chi connectivity index (χ3n) is 9.87. The summed E-state index contributed by atoms with van der Waals surface area (Å²) in [5.41, 5.74) is 8.68. The standard InChI is InChI=1S/C47H40F2N4/c1-46(2,3)32-17-21-41-38(25-32)39-26-33(47(4,5)6)18-22-42(39)53(41)36-19-20-37(31-23-34(48)27-35(49)24-31)40(28-36)45-51-43(29-13-9-7-10-14-29)50-44(52-45)30-15-11-8-12-16-30/h7-28H,1-6H3. The lowest BCUT2D eigenvalue weighted by atomic mass is 9.85. The SMILES string of the molecule is CC(C)(C)c1ccc2c(c1)c1cc(C(C)(C)C)ccc1n2-c1ccc(-c2cc(F)cc(F)c2)c(-c2nc(-c3ccccc3)nc(-c3ccccc3)n2)c1. The van der Waals surface area contributed by atoms with Crippen LogP contribution in [0.15, 0.2) is 133 Å². The minimum atomic E-state index is -0.660. The molecule has 2 heterocycles. The lowest BCUT2D eigenvalue weighted by molar-refractivity contribution is 0.584. The molecule has 2 aromatic heterocycles. The molecule has 4 nitrogen and oxygen atoms in total. The number of fused-ring (bicyclic) bond motifs is 3. The summed E-state index contributed by atoms with van der Waals surface area (Å²) in [4.78, 5) is 15.0. The molecule has 0 bridgehead atoms. The van der Waals surface area contributed by atoms with Gasteiger partial charge in [0.05, 0.1) is 11.0 Å². The van der Waals surface area contributed by atoms with Gasteiger partial charge in [0.15, 0.2) is 17.5 Å². The Hall–Kier alpha value is -6.01. The van der Waals surface area contributed by atoms with E-state index in [-0.39, 0.29) is 10.8 Å². The zero-order valence-corrected chi connectivity index (χ0v) is 30.7. The third kappa shape index (κ3) is 6.50. The fourth-order valence-electron chi connectivity index (χ4n) is 6.98. The van der Waals surface area contributed by atoms with Gasteiger partial charge in [0.2, 0.25) is 0 Å². The highest BCUT2D eigenvalue weighted by atomic mass is 19.1. The second-order valence-corrected chi connectivity index (χ2v) is 15.7. The number of benzene rings is 6. The Balaban J connectivity index is 1.44. The molecule has 262 valence electrons. The lowest BCUT2D eigenvalue weighted by Gasteiger charge is -2.19. The van der Waals surface area contributed by atoms with E-state index in [1.165, 1.54) is 23.3 Å². The molecule has 0 aliphatic carbocycles. The summed E-state index contributed by atoms with van der Waals surface area (Å²) < 4.78 is 31.9. The fraction of sp³-hybridized carbons (Fsp3) is 0.170. The summed E-state index contributed by atoms with van der Waals surface area (Å²) >= 11 is 0. The highest BCUT2D eigenvalue weighted by Gasteiger charge is 2.23. The molecule has 0 aliphatic rings. The normalized spacial score (nSPS) is 12.2. The molecule has 0 saturated heterocycles. The van der Waals surface area contributed by atoms with Crippen LogP contribution in [0.25, 0.3) is 72.8 Å². The van der Waals surface area contributed by atoms with Gasteiger partial charge in [-0.25, -0.2) is 23.7 Å². The molecule has 0 amide bonds. The van der Waals surface area contributed by atoms with Crippen molar-refractivity contribution < 1.29 is 8.78 Å². The van der Waals surface area contributed by atoms with Crippen molar-refractivity contribution in [3.63, 3.8) is 0 Å². The number of rotatable bonds is 5. The summed E-state index contributed by atoms with van der Waals surface area (Å²) in [6.45, 7) is 13.4. The Morgan fingerprint density at radius 2 is 0.906 bits per heavy atom. The van der Waals surface area contributed by atoms with Gasteiger partial charge < -0.3 is 4.57 Å². The average Bonchev–Trinajstić information content (AvgIpc) is 3.47. The zero-order chi connectivity index (χ0) is 37.1. The molecule has 0 N–H and O–H groups in total. The van der Waals surface area contributed by atoms with Crippen molar-refractivity contribution >= 4 is 21.8 Å². The first-order valence-electron chi connectivity index (χ1n) is 17.9. The molecular formula is C47H40F2N4. The quantitative estimate of drug-likeness (QED) is 0.180. The zero-order valence-electron chi connectivity index (χ0n) is 30.7. The molecule has 0 aliphatic heterocycles. The molecule has 0 unspecified atom stereocenters. The van der Waals surface area contributed by atoms with Crippen molar-refractivity contribution in [1.29, 1.82) is 0 Å². The van der Waals surface area contributed by atoms with Crippen LogP contribution in [0.1, 0.15) is 52.7 Å². The maximum absolute atomic E-state index is 14.8. The van der Waals surface area contributed by atoms with Crippen molar-refractivity contribution in [2.45, 2.75) is 52.4 Å². The second-order valence-electron chi connectivity index (χ2n) is 15.7. The van der Waals surface area contributed by atoms with Crippen LogP contribution in [0, 0.1) is 11.6 Å². The molecule has 0 atom stereocenters. The molecule has 8 aromatic rings. The van der Waals surface area contributed by atoms with Crippen molar-refractivity contribution in [1.82, 2.24) is 19.5 Å². The van der Waals surface area contributed by atoms with Crippen molar-refractivity contribution in [2.75, 3.05) is 0 Å². The van der Waals surface area contributed by atoms with Gasteiger partial charge in [0.25, 0.3) is 0 Å². The number of aromatic nitrogens is 4. The van der Waals surface area contributed by atoms with Gasteiger partial charge >= 0.3 is 0 Å². The molecule has 53 heavy (non-hydrogen) atoms. The smallest absolute Gasteiger partial charge is 0.164 e. The molecule has 0 fully saturated rings. The van der Waals surface area contributed by atoms with Crippen LogP contribution in [0.5, 0.6) is 0 Å². The predicted molar refractivity (Wildman–Crippen MR) is 213 cm³/mol. The van der Waals surface area contributed by atoms with Crippen LogP contribution in [0.3, 0.4) is 0 Å². The van der Waals surface area contributed by atoms with E-state index < -0.39 is 11.6 Å². The van der Waals surface area contributed by atoms with E-state index >= 15 is 0 Å². The van der Waals surface area contributed by atoms with Crippen LogP contribution in [0.2, 0.25) is 0 Å². The van der Waals surface area contributed by atoms with E-state index in [2.05, 4.69) is 82.5 Å². The van der Waals surface area contributed by atoms with Gasteiger partial charge in [-0.1, -0.05) is 120 Å². The van der Waals surface area contributed by atoms with Gasteiger partial charge in [-0.3, -0.25) is 0 Å². The predicted octanol–water partition coefficient (Wildman–Crippen LogP) is 12.5. The molecular weight excluding hydrogens is 659 g/mol. The number of hydrogen-bond acceptors (Lipinski definition) is 3. The first-order valence-corrected chi connectivity index (χ1v) is 17.9. The number of hydrogen-bond donors (Lipinski definition) is 0. The monoisotopic (exact) mass is 698 g/mol. The molecule has 6 heteroatoms. The lowest BCUT2D eigenvalue weighted by Crippen LogP contribution is -2.10. The number of nitrogens with zero attached hydrogens (tertiary/aromatic N) is 4. The van der Waals surface area contributed by atoms with E-state index in [1.807, 2.05) is 78.9 Å². The first kappa shape index (κ1) is 34.1. The Morgan fingerprint density at radius 3 is 1.38 bits per heavy atom. The van der Waals surface area contributed by atoms with Gasteiger partial charge in [-0.05, 0) is 81.6 Å². The minimum Gasteiger partial charge on any atom is -0.309 e. The van der Waals surface area contributed by atoms with E-state index in [0.29, 0.717) is 34.2 Å². The van der Waals surface area contributed by atoms with Gasteiger partial charge in [-0.15, -0.1) is 0 Å². The third-order valence-corrected chi connectivity index (χ3v) is 9.87. The summed E-state index contributed by atoms with van der Waals surface area (Å²) in [5.74, 6) is 0.0692. The van der Waals surface area contributed by atoms with Crippen LogP contribution >= 0.6 is 0 Å². The molecule has 8 rings (SSSR count). The Kier molecular flexibility index (Phi) is 8.29. The highest BCUT2D eigenvalue weighted by Crippen LogP contribution is 2.40. The summed E-state index contributed by atoms with van der Waals surface area (Å²) in [7, 11) is 0. The molecule has 0 saturated carbocycles. The van der Waals surface area contributed by atoms with Crippen LogP contribution in [-0.4, -0.2) is 19.5 Å². The van der Waals surface area contributed by atoms with E-state index in [0.717, 1.165) is 44.7 Å². The fourth-order valence-corrected chi connectivity index (χ4v) is 6.98. The minimum absolute atomic E-state index is 0.0368. The van der Waals surface area contributed by atoms with Crippen LogP contribution < -0.4 is 0 Å². The second kappa shape index (κ2) is 12.9. The summed E-state index contributed by atoms with van der Waals surface area (Å²) in [6.07, 6.45) is 0. The largest absolute Gasteiger partial charge is 0.309 e. The average molecular weight is 699 g/mol. The summed E-state index contributed by atoms with van der Waals surface area (Å²) in [6, 6.07) is 42.5. The van der Waals surface area contributed by atoms with E-state index in [9.17, 15) is 8.78 Å². The highest BCUT2D eigenvalue weighted by molar-refractivity contribution is 6.10. The van der Waals surface area contributed by atoms with Crippen LogP contribution in [-0.2, 0) is 10.8 Å². The topological polar surface area (TPSA) is 43.6 Å². The maximum atomic E-state index is 14.8. The molecule has 0 spiro atoms. The maximum Gasteiger partial charge on any atom is 0.164 e. The van der Waals surface area contributed by atoms with Crippen molar-refractivity contribution in [3.05, 3.63) is 156 Å². The van der Waals surface area contributed by atoms with Gasteiger partial charge in [-0.2, -0.15) is 0 Å². The van der Waals surface area contributed by atoms with Gasteiger partial charge in [0, 0.05) is 39.2 Å². The Morgan fingerprint density at radius 1 is 0.434 bits per heavy atom.